The van der Waals surface area contributed by atoms with Crippen molar-refractivity contribution in [2.24, 2.45) is 11.8 Å². The van der Waals surface area contributed by atoms with Crippen LogP contribution in [0.5, 0.6) is 0 Å². The van der Waals surface area contributed by atoms with E-state index in [0.717, 1.165) is 17.9 Å². The second-order valence-corrected chi connectivity index (χ2v) is 6.49. The average molecular weight is 254 g/mol. The summed E-state index contributed by atoms with van der Waals surface area (Å²) in [5.41, 5.74) is 0. The molecule has 18 heavy (non-hydrogen) atoms. The van der Waals surface area contributed by atoms with E-state index in [4.69, 9.17) is 0 Å². The van der Waals surface area contributed by atoms with Gasteiger partial charge < -0.3 is 5.32 Å². The minimum atomic E-state index is 0.705. The Morgan fingerprint density at radius 3 is 2.50 bits per heavy atom. The number of rotatable bonds is 7. The third-order valence-corrected chi connectivity index (χ3v) is 4.59. The summed E-state index contributed by atoms with van der Waals surface area (Å²) in [6, 6.07) is 1.47. The number of piperazine rings is 1. The highest BCUT2D eigenvalue weighted by molar-refractivity contribution is 4.87. The molecule has 0 aromatic heterocycles. The van der Waals surface area contributed by atoms with Crippen LogP contribution in [0.15, 0.2) is 0 Å². The van der Waals surface area contributed by atoms with Crippen LogP contribution in [-0.4, -0.2) is 36.6 Å². The lowest BCUT2D eigenvalue weighted by Crippen LogP contribution is -2.58. The van der Waals surface area contributed by atoms with Crippen molar-refractivity contribution in [3.8, 4) is 0 Å². The van der Waals surface area contributed by atoms with Gasteiger partial charge in [-0.2, -0.15) is 0 Å². The molecule has 0 aromatic rings. The molecule has 1 rings (SSSR count). The van der Waals surface area contributed by atoms with Crippen LogP contribution in [0.4, 0.5) is 0 Å². The molecule has 1 fully saturated rings. The molecule has 0 amide bonds. The molecule has 0 aromatic carbocycles. The fourth-order valence-electron chi connectivity index (χ4n) is 2.93. The maximum Gasteiger partial charge on any atom is 0.0221 e. The molecule has 2 heteroatoms. The minimum absolute atomic E-state index is 0.705. The minimum Gasteiger partial charge on any atom is -0.311 e. The molecule has 1 heterocycles. The van der Waals surface area contributed by atoms with Gasteiger partial charge in [-0.3, -0.25) is 4.90 Å². The number of hydrogen-bond donors (Lipinski definition) is 1. The van der Waals surface area contributed by atoms with Crippen LogP contribution in [0, 0.1) is 11.8 Å². The van der Waals surface area contributed by atoms with Crippen LogP contribution in [-0.2, 0) is 0 Å². The summed E-state index contributed by atoms with van der Waals surface area (Å²) in [5, 5.41) is 3.76. The predicted octanol–water partition coefficient (Wildman–Crippen LogP) is 3.52. The first-order chi connectivity index (χ1) is 8.58. The molecular formula is C16H34N2. The molecular weight excluding hydrogens is 220 g/mol. The molecule has 108 valence electrons. The van der Waals surface area contributed by atoms with Gasteiger partial charge in [-0.1, -0.05) is 41.0 Å². The molecule has 1 N–H and O–H groups in total. The smallest absolute Gasteiger partial charge is 0.0221 e. The lowest BCUT2D eigenvalue weighted by atomic mass is 9.94. The van der Waals surface area contributed by atoms with Crippen molar-refractivity contribution >= 4 is 0 Å². The van der Waals surface area contributed by atoms with Gasteiger partial charge in [0.15, 0.2) is 0 Å². The first-order valence-corrected chi connectivity index (χ1v) is 8.05. The van der Waals surface area contributed by atoms with Gasteiger partial charge in [0.05, 0.1) is 0 Å². The first-order valence-electron chi connectivity index (χ1n) is 8.05. The summed E-state index contributed by atoms with van der Waals surface area (Å²) in [6.45, 7) is 15.4. The van der Waals surface area contributed by atoms with Crippen molar-refractivity contribution in [2.45, 2.75) is 72.4 Å². The summed E-state index contributed by atoms with van der Waals surface area (Å²) in [6.07, 6.45) is 5.30. The van der Waals surface area contributed by atoms with Crippen molar-refractivity contribution in [1.29, 1.82) is 0 Å². The van der Waals surface area contributed by atoms with Gasteiger partial charge in [0.2, 0.25) is 0 Å². The van der Waals surface area contributed by atoms with Crippen LogP contribution < -0.4 is 5.32 Å². The molecule has 1 saturated heterocycles. The third kappa shape index (κ3) is 4.89. The SMILES string of the molecule is CCC(C)C1CN(CCCC(C)C)C(CC)CN1. The summed E-state index contributed by atoms with van der Waals surface area (Å²) in [5.74, 6) is 1.65. The van der Waals surface area contributed by atoms with Gasteiger partial charge in [0, 0.05) is 25.2 Å². The molecule has 1 aliphatic rings. The molecule has 0 aliphatic carbocycles. The fourth-order valence-corrected chi connectivity index (χ4v) is 2.93. The summed E-state index contributed by atoms with van der Waals surface area (Å²) in [4.78, 5) is 2.75. The molecule has 1 aliphatic heterocycles. The first kappa shape index (κ1) is 16.0. The Morgan fingerprint density at radius 2 is 1.94 bits per heavy atom. The summed E-state index contributed by atoms with van der Waals surface area (Å²) >= 11 is 0. The second-order valence-electron chi connectivity index (χ2n) is 6.49. The monoisotopic (exact) mass is 254 g/mol. The maximum absolute atomic E-state index is 3.76. The summed E-state index contributed by atoms with van der Waals surface area (Å²) in [7, 11) is 0. The Bertz CT molecular complexity index is 215. The van der Waals surface area contributed by atoms with E-state index in [1.54, 1.807) is 0 Å². The highest BCUT2D eigenvalue weighted by atomic mass is 15.2. The van der Waals surface area contributed by atoms with Crippen LogP contribution in [0.25, 0.3) is 0 Å². The van der Waals surface area contributed by atoms with Gasteiger partial charge in [0.25, 0.3) is 0 Å². The average Bonchev–Trinajstić information content (AvgIpc) is 2.37. The lowest BCUT2D eigenvalue weighted by Gasteiger charge is -2.42. The van der Waals surface area contributed by atoms with E-state index in [0.29, 0.717) is 6.04 Å². The Morgan fingerprint density at radius 1 is 1.22 bits per heavy atom. The zero-order chi connectivity index (χ0) is 13.5. The Labute approximate surface area is 115 Å². The van der Waals surface area contributed by atoms with E-state index in [-0.39, 0.29) is 0 Å². The van der Waals surface area contributed by atoms with Gasteiger partial charge >= 0.3 is 0 Å². The van der Waals surface area contributed by atoms with Gasteiger partial charge in [-0.25, -0.2) is 0 Å². The van der Waals surface area contributed by atoms with E-state index >= 15 is 0 Å². The van der Waals surface area contributed by atoms with E-state index < -0.39 is 0 Å². The van der Waals surface area contributed by atoms with Gasteiger partial charge in [-0.15, -0.1) is 0 Å². The zero-order valence-corrected chi connectivity index (χ0v) is 13.2. The van der Waals surface area contributed by atoms with Gasteiger partial charge in [-0.05, 0) is 37.6 Å². The van der Waals surface area contributed by atoms with Crippen LogP contribution in [0.3, 0.4) is 0 Å². The van der Waals surface area contributed by atoms with E-state index in [9.17, 15) is 0 Å². The van der Waals surface area contributed by atoms with E-state index in [2.05, 4.69) is 44.8 Å². The molecule has 0 radical (unpaired) electrons. The molecule has 0 bridgehead atoms. The standard InChI is InChI=1S/C16H34N2/c1-6-14(5)16-12-18(10-8-9-13(3)4)15(7-2)11-17-16/h13-17H,6-12H2,1-5H3. The number of nitrogens with one attached hydrogen (secondary N) is 1. The molecule has 3 unspecified atom stereocenters. The lowest BCUT2D eigenvalue weighted by molar-refractivity contribution is 0.103. The van der Waals surface area contributed by atoms with Crippen molar-refractivity contribution in [3.05, 3.63) is 0 Å². The van der Waals surface area contributed by atoms with Crippen LogP contribution in [0.2, 0.25) is 0 Å². The fraction of sp³-hybridized carbons (Fsp3) is 1.00. The Balaban J connectivity index is 2.43. The van der Waals surface area contributed by atoms with Crippen LogP contribution >= 0.6 is 0 Å². The Kier molecular flexibility index (Phi) is 7.25. The van der Waals surface area contributed by atoms with Crippen LogP contribution in [0.1, 0.15) is 60.3 Å². The van der Waals surface area contributed by atoms with Crippen molar-refractivity contribution in [1.82, 2.24) is 10.2 Å². The van der Waals surface area contributed by atoms with Gasteiger partial charge in [0.1, 0.15) is 0 Å². The summed E-state index contributed by atoms with van der Waals surface area (Å²) < 4.78 is 0. The highest BCUT2D eigenvalue weighted by Gasteiger charge is 2.28. The third-order valence-electron chi connectivity index (χ3n) is 4.59. The molecule has 2 nitrogen and oxygen atoms in total. The second kappa shape index (κ2) is 8.16. The van der Waals surface area contributed by atoms with Crippen molar-refractivity contribution in [3.63, 3.8) is 0 Å². The Hall–Kier alpha value is -0.0800. The van der Waals surface area contributed by atoms with Crippen molar-refractivity contribution < 1.29 is 0 Å². The largest absolute Gasteiger partial charge is 0.311 e. The normalized spacial score (nSPS) is 27.7. The molecule has 3 atom stereocenters. The van der Waals surface area contributed by atoms with E-state index in [1.165, 1.54) is 45.3 Å². The maximum atomic E-state index is 3.76. The number of hydrogen-bond acceptors (Lipinski definition) is 2. The zero-order valence-electron chi connectivity index (χ0n) is 13.2. The molecule has 0 spiro atoms. The predicted molar refractivity (Wildman–Crippen MR) is 81.0 cm³/mol. The highest BCUT2D eigenvalue weighted by Crippen LogP contribution is 2.18. The molecule has 0 saturated carbocycles. The topological polar surface area (TPSA) is 15.3 Å². The quantitative estimate of drug-likeness (QED) is 0.748. The van der Waals surface area contributed by atoms with Crippen molar-refractivity contribution in [2.75, 3.05) is 19.6 Å². The number of nitrogens with zero attached hydrogens (tertiary/aromatic N) is 1. The van der Waals surface area contributed by atoms with E-state index in [1.807, 2.05) is 0 Å².